The second-order valence-corrected chi connectivity index (χ2v) is 12.4. The van der Waals surface area contributed by atoms with E-state index < -0.39 is 6.04 Å². The van der Waals surface area contributed by atoms with E-state index >= 15 is 0 Å². The molecule has 2 amide bonds. The van der Waals surface area contributed by atoms with Crippen molar-refractivity contribution in [1.29, 1.82) is 0 Å². The lowest BCUT2D eigenvalue weighted by molar-refractivity contribution is -0.129. The molecule has 36 heavy (non-hydrogen) atoms. The van der Waals surface area contributed by atoms with Crippen molar-refractivity contribution in [2.75, 3.05) is 43.3 Å². The van der Waals surface area contributed by atoms with E-state index in [0.29, 0.717) is 5.75 Å². The van der Waals surface area contributed by atoms with Crippen LogP contribution in [0.5, 0.6) is 5.75 Å². The molecule has 7 nitrogen and oxygen atoms in total. The summed E-state index contributed by atoms with van der Waals surface area (Å²) in [6.45, 7) is 2.81. The van der Waals surface area contributed by atoms with Crippen LogP contribution in [0.3, 0.4) is 0 Å². The van der Waals surface area contributed by atoms with Crippen LogP contribution in [0.4, 0.5) is 0 Å². The molecule has 1 aliphatic carbocycles. The minimum absolute atomic E-state index is 0.0289. The average Bonchev–Trinajstić information content (AvgIpc) is 3.46. The Kier molecular flexibility index (Phi) is 11.1. The summed E-state index contributed by atoms with van der Waals surface area (Å²) in [4.78, 5) is 28.5. The van der Waals surface area contributed by atoms with Crippen molar-refractivity contribution >= 4 is 35.3 Å². The lowest BCUT2D eigenvalue weighted by atomic mass is 9.91. The number of hydrogen-bond acceptors (Lipinski definition) is 7. The maximum absolute atomic E-state index is 13.3. The standard InChI is InChI=1S/C27H42N4O3S2/c1-34-23-9-7-20(8-10-23)15-31-13-11-22(12-14-31)29-27(33)25(30-26(32)24-17-36-19-28-24)18-35-16-21-5-3-2-4-6-21/h7-10,21-22,24-25,28H,2-6,11-19H2,1H3,(H,29,33)(H,30,32)/t24-,25?/m0/s1. The number of carbonyl (C=O) groups is 2. The second-order valence-electron chi connectivity index (χ2n) is 10.3. The molecule has 0 bridgehead atoms. The van der Waals surface area contributed by atoms with Gasteiger partial charge in [0.05, 0.1) is 13.2 Å². The number of hydrogen-bond donors (Lipinski definition) is 3. The highest BCUT2D eigenvalue weighted by atomic mass is 32.2. The Balaban J connectivity index is 1.24. The molecule has 200 valence electrons. The van der Waals surface area contributed by atoms with Crippen LogP contribution in [0.1, 0.15) is 50.5 Å². The van der Waals surface area contributed by atoms with E-state index in [2.05, 4.69) is 33.0 Å². The zero-order chi connectivity index (χ0) is 25.2. The summed E-state index contributed by atoms with van der Waals surface area (Å²) >= 11 is 3.55. The first-order valence-corrected chi connectivity index (χ1v) is 15.8. The Morgan fingerprint density at radius 1 is 1.14 bits per heavy atom. The van der Waals surface area contributed by atoms with Gasteiger partial charge in [-0.25, -0.2) is 0 Å². The number of nitrogens with one attached hydrogen (secondary N) is 3. The highest BCUT2D eigenvalue weighted by Crippen LogP contribution is 2.27. The summed E-state index contributed by atoms with van der Waals surface area (Å²) in [7, 11) is 1.68. The maximum atomic E-state index is 13.3. The largest absolute Gasteiger partial charge is 0.497 e. The van der Waals surface area contributed by atoms with Gasteiger partial charge in [0.1, 0.15) is 11.8 Å². The molecule has 2 aliphatic heterocycles. The fourth-order valence-electron chi connectivity index (χ4n) is 5.25. The minimum Gasteiger partial charge on any atom is -0.497 e. The summed E-state index contributed by atoms with van der Waals surface area (Å²) < 4.78 is 5.25. The van der Waals surface area contributed by atoms with E-state index in [-0.39, 0.29) is 23.9 Å². The first-order valence-electron chi connectivity index (χ1n) is 13.5. The zero-order valence-electron chi connectivity index (χ0n) is 21.5. The van der Waals surface area contributed by atoms with Gasteiger partial charge in [-0.3, -0.25) is 19.8 Å². The van der Waals surface area contributed by atoms with Gasteiger partial charge < -0.3 is 15.4 Å². The van der Waals surface area contributed by atoms with Crippen molar-refractivity contribution in [2.45, 2.75) is 69.6 Å². The lowest BCUT2D eigenvalue weighted by Gasteiger charge is -2.33. The van der Waals surface area contributed by atoms with Crippen LogP contribution in [-0.2, 0) is 16.1 Å². The molecule has 2 atom stereocenters. The van der Waals surface area contributed by atoms with Crippen molar-refractivity contribution in [3.05, 3.63) is 29.8 Å². The van der Waals surface area contributed by atoms with Crippen LogP contribution in [-0.4, -0.2) is 78.2 Å². The molecule has 2 heterocycles. The van der Waals surface area contributed by atoms with E-state index in [4.69, 9.17) is 4.74 Å². The summed E-state index contributed by atoms with van der Waals surface area (Å²) in [5.74, 6) is 4.84. The number of nitrogens with zero attached hydrogens (tertiary/aromatic N) is 1. The smallest absolute Gasteiger partial charge is 0.243 e. The molecular formula is C27H42N4O3S2. The van der Waals surface area contributed by atoms with Gasteiger partial charge in [0, 0.05) is 43.1 Å². The minimum atomic E-state index is -0.476. The van der Waals surface area contributed by atoms with Gasteiger partial charge in [0.15, 0.2) is 0 Å². The molecule has 1 aromatic rings. The van der Waals surface area contributed by atoms with Crippen molar-refractivity contribution in [2.24, 2.45) is 5.92 Å². The molecule has 4 rings (SSSR count). The van der Waals surface area contributed by atoms with E-state index in [0.717, 1.165) is 61.5 Å². The maximum Gasteiger partial charge on any atom is 0.243 e. The van der Waals surface area contributed by atoms with E-state index in [1.54, 1.807) is 18.9 Å². The fraction of sp³-hybridized carbons (Fsp3) is 0.704. The van der Waals surface area contributed by atoms with Gasteiger partial charge >= 0.3 is 0 Å². The number of ether oxygens (including phenoxy) is 1. The Morgan fingerprint density at radius 3 is 2.56 bits per heavy atom. The Hall–Kier alpha value is -1.42. The molecule has 3 N–H and O–H groups in total. The first kappa shape index (κ1) is 27.6. The summed E-state index contributed by atoms with van der Waals surface area (Å²) in [5.41, 5.74) is 1.27. The number of thioether (sulfide) groups is 2. The van der Waals surface area contributed by atoms with Crippen LogP contribution >= 0.6 is 23.5 Å². The Bertz CT molecular complexity index is 821. The van der Waals surface area contributed by atoms with Gasteiger partial charge in [-0.2, -0.15) is 11.8 Å². The molecule has 1 aromatic carbocycles. The number of benzene rings is 1. The summed E-state index contributed by atoms with van der Waals surface area (Å²) in [5, 5.41) is 9.56. The molecule has 0 radical (unpaired) electrons. The summed E-state index contributed by atoms with van der Waals surface area (Å²) in [6, 6.07) is 7.72. The Labute approximate surface area is 224 Å². The lowest BCUT2D eigenvalue weighted by Crippen LogP contribution is -2.55. The quantitative estimate of drug-likeness (QED) is 0.402. The normalized spacial score (nSPS) is 22.8. The van der Waals surface area contributed by atoms with Gasteiger partial charge in [0.25, 0.3) is 0 Å². The molecule has 1 unspecified atom stereocenters. The van der Waals surface area contributed by atoms with Gasteiger partial charge in [-0.1, -0.05) is 31.4 Å². The van der Waals surface area contributed by atoms with E-state index in [1.807, 2.05) is 23.9 Å². The van der Waals surface area contributed by atoms with Gasteiger partial charge in [-0.15, -0.1) is 11.8 Å². The number of likely N-dealkylation sites (tertiary alicyclic amines) is 1. The first-order chi connectivity index (χ1) is 17.6. The van der Waals surface area contributed by atoms with Crippen molar-refractivity contribution in [3.63, 3.8) is 0 Å². The van der Waals surface area contributed by atoms with Crippen molar-refractivity contribution in [3.8, 4) is 5.75 Å². The van der Waals surface area contributed by atoms with Crippen LogP contribution in [0, 0.1) is 5.92 Å². The zero-order valence-corrected chi connectivity index (χ0v) is 23.1. The number of rotatable bonds is 11. The van der Waals surface area contributed by atoms with Crippen LogP contribution < -0.4 is 20.7 Å². The molecule has 3 fully saturated rings. The number of amides is 2. The van der Waals surface area contributed by atoms with Crippen molar-refractivity contribution in [1.82, 2.24) is 20.9 Å². The molecule has 0 aromatic heterocycles. The highest BCUT2D eigenvalue weighted by molar-refractivity contribution is 7.99. The third kappa shape index (κ3) is 8.57. The highest BCUT2D eigenvalue weighted by Gasteiger charge is 2.30. The average molecular weight is 535 g/mol. The second kappa shape index (κ2) is 14.5. The monoisotopic (exact) mass is 534 g/mol. The van der Waals surface area contributed by atoms with Crippen LogP contribution in [0.2, 0.25) is 0 Å². The number of carbonyl (C=O) groups excluding carboxylic acids is 2. The van der Waals surface area contributed by atoms with E-state index in [9.17, 15) is 9.59 Å². The molecule has 1 saturated carbocycles. The topological polar surface area (TPSA) is 82.7 Å². The predicted molar refractivity (Wildman–Crippen MR) is 150 cm³/mol. The van der Waals surface area contributed by atoms with Crippen molar-refractivity contribution < 1.29 is 14.3 Å². The third-order valence-corrected chi connectivity index (χ3v) is 9.74. The fourth-order valence-corrected chi connectivity index (χ4v) is 7.47. The number of piperidine rings is 1. The molecule has 0 spiro atoms. The van der Waals surface area contributed by atoms with Gasteiger partial charge in [0.2, 0.25) is 11.8 Å². The SMILES string of the molecule is COc1ccc(CN2CCC(NC(=O)C(CSCC3CCCCC3)NC(=O)[C@@H]3CSCN3)CC2)cc1. The van der Waals surface area contributed by atoms with E-state index in [1.165, 1.54) is 37.7 Å². The molecule has 3 aliphatic rings. The van der Waals surface area contributed by atoms with Crippen LogP contribution in [0.15, 0.2) is 24.3 Å². The third-order valence-electron chi connectivity index (χ3n) is 7.53. The number of methoxy groups -OCH3 is 1. The van der Waals surface area contributed by atoms with Crippen LogP contribution in [0.25, 0.3) is 0 Å². The Morgan fingerprint density at radius 2 is 1.89 bits per heavy atom. The van der Waals surface area contributed by atoms with Gasteiger partial charge in [-0.05, 0) is 55.1 Å². The molecule has 9 heteroatoms. The molecule has 2 saturated heterocycles. The molecular weight excluding hydrogens is 492 g/mol. The predicted octanol–water partition coefficient (Wildman–Crippen LogP) is 3.24. The summed E-state index contributed by atoms with van der Waals surface area (Å²) in [6.07, 6.45) is 8.47.